The van der Waals surface area contributed by atoms with Crippen LogP contribution in [-0.4, -0.2) is 48.1 Å². The number of phenolic OH excluding ortho intramolecular Hbond substituents is 1. The Kier molecular flexibility index (Phi) is 5.64. The second-order valence-electron chi connectivity index (χ2n) is 6.31. The molecule has 2 N–H and O–H groups in total. The van der Waals surface area contributed by atoms with E-state index in [2.05, 4.69) is 15.1 Å². The molecule has 1 atom stereocenters. The summed E-state index contributed by atoms with van der Waals surface area (Å²) in [4.78, 5) is 16.7. The van der Waals surface area contributed by atoms with Crippen molar-refractivity contribution in [3.63, 3.8) is 0 Å². The predicted molar refractivity (Wildman–Crippen MR) is 101 cm³/mol. The van der Waals surface area contributed by atoms with Gasteiger partial charge in [0.25, 0.3) is 0 Å². The zero-order valence-electron chi connectivity index (χ0n) is 14.5. The zero-order valence-corrected chi connectivity index (χ0v) is 15.2. The number of hydrogen-bond acceptors (Lipinski definition) is 4. The first-order valence-electron chi connectivity index (χ1n) is 8.48. The van der Waals surface area contributed by atoms with E-state index in [0.717, 1.165) is 18.8 Å². The lowest BCUT2D eigenvalue weighted by atomic mass is 10.2. The van der Waals surface area contributed by atoms with Crippen molar-refractivity contribution in [2.75, 3.05) is 36.4 Å². The molecule has 2 aromatic carbocycles. The summed E-state index contributed by atoms with van der Waals surface area (Å²) in [6.07, 6.45) is 0. The van der Waals surface area contributed by atoms with E-state index in [1.54, 1.807) is 12.1 Å². The summed E-state index contributed by atoms with van der Waals surface area (Å²) in [5.41, 5.74) is 1.28. The Morgan fingerprint density at radius 1 is 1.19 bits per heavy atom. The van der Waals surface area contributed by atoms with Gasteiger partial charge in [-0.1, -0.05) is 23.7 Å². The minimum atomic E-state index is -0.516. The molecule has 0 unspecified atom stereocenters. The van der Waals surface area contributed by atoms with Gasteiger partial charge in [-0.3, -0.25) is 9.69 Å². The van der Waals surface area contributed by atoms with E-state index in [0.29, 0.717) is 18.8 Å². The van der Waals surface area contributed by atoms with Crippen molar-refractivity contribution in [1.82, 2.24) is 4.90 Å². The first-order valence-corrected chi connectivity index (χ1v) is 8.86. The van der Waals surface area contributed by atoms with Crippen LogP contribution >= 0.6 is 11.6 Å². The van der Waals surface area contributed by atoms with E-state index in [4.69, 9.17) is 11.6 Å². The predicted octanol–water partition coefficient (Wildman–Crippen LogP) is 3.33. The molecule has 138 valence electrons. The van der Waals surface area contributed by atoms with Crippen LogP contribution in [0.1, 0.15) is 6.92 Å². The van der Waals surface area contributed by atoms with Gasteiger partial charge >= 0.3 is 0 Å². The van der Waals surface area contributed by atoms with Crippen LogP contribution in [-0.2, 0) is 4.79 Å². The molecule has 1 heterocycles. The lowest BCUT2D eigenvalue weighted by Gasteiger charge is -2.38. The van der Waals surface area contributed by atoms with Crippen molar-refractivity contribution < 1.29 is 14.3 Å². The highest BCUT2D eigenvalue weighted by atomic mass is 35.5. The largest absolute Gasteiger partial charge is 0.506 e. The van der Waals surface area contributed by atoms with Crippen molar-refractivity contribution in [3.8, 4) is 5.75 Å². The number of aromatic hydroxyl groups is 1. The lowest BCUT2D eigenvalue weighted by molar-refractivity contribution is -0.120. The normalized spacial score (nSPS) is 16.3. The second kappa shape index (κ2) is 7.93. The van der Waals surface area contributed by atoms with Crippen molar-refractivity contribution >= 4 is 28.9 Å². The SMILES string of the molecule is C[C@H](C(=O)Nc1ccc(F)c(Cl)c1)N1CCN(c2ccccc2O)CC1. The number of para-hydroxylation sites is 2. The first kappa shape index (κ1) is 18.5. The minimum absolute atomic E-state index is 0.0215. The fourth-order valence-electron chi connectivity index (χ4n) is 3.07. The smallest absolute Gasteiger partial charge is 0.241 e. The Hall–Kier alpha value is -2.31. The van der Waals surface area contributed by atoms with E-state index in [-0.39, 0.29) is 22.7 Å². The molecular weight excluding hydrogens is 357 g/mol. The second-order valence-corrected chi connectivity index (χ2v) is 6.71. The Balaban J connectivity index is 1.57. The van der Waals surface area contributed by atoms with Crippen LogP contribution in [0.2, 0.25) is 5.02 Å². The maximum Gasteiger partial charge on any atom is 0.241 e. The number of amides is 1. The molecule has 1 saturated heterocycles. The quantitative estimate of drug-likeness (QED) is 0.858. The maximum atomic E-state index is 13.2. The molecule has 1 aliphatic heterocycles. The molecule has 1 aliphatic rings. The van der Waals surface area contributed by atoms with E-state index in [9.17, 15) is 14.3 Å². The molecule has 0 aromatic heterocycles. The number of nitrogens with one attached hydrogen (secondary N) is 1. The molecule has 0 aliphatic carbocycles. The van der Waals surface area contributed by atoms with Gasteiger partial charge in [0.2, 0.25) is 5.91 Å². The molecule has 2 aromatic rings. The molecule has 0 radical (unpaired) electrons. The van der Waals surface area contributed by atoms with Crippen LogP contribution in [0.4, 0.5) is 15.8 Å². The standard InChI is InChI=1S/C19H21ClFN3O2/c1-13(19(26)22-14-6-7-16(21)15(20)12-14)23-8-10-24(11-9-23)17-4-2-3-5-18(17)25/h2-7,12-13,25H,8-11H2,1H3,(H,22,26)/t13-/m1/s1. The van der Waals surface area contributed by atoms with Crippen molar-refractivity contribution in [2.24, 2.45) is 0 Å². The van der Waals surface area contributed by atoms with Crippen LogP contribution in [0.15, 0.2) is 42.5 Å². The molecule has 1 fully saturated rings. The van der Waals surface area contributed by atoms with Gasteiger partial charge < -0.3 is 15.3 Å². The molecule has 0 bridgehead atoms. The number of benzene rings is 2. The van der Waals surface area contributed by atoms with Gasteiger partial charge in [-0.25, -0.2) is 4.39 Å². The minimum Gasteiger partial charge on any atom is -0.506 e. The van der Waals surface area contributed by atoms with Gasteiger partial charge in [0.1, 0.15) is 11.6 Å². The monoisotopic (exact) mass is 377 g/mol. The van der Waals surface area contributed by atoms with Gasteiger partial charge in [-0.15, -0.1) is 0 Å². The van der Waals surface area contributed by atoms with Crippen LogP contribution in [0.25, 0.3) is 0 Å². The third-order valence-corrected chi connectivity index (χ3v) is 4.94. The van der Waals surface area contributed by atoms with E-state index < -0.39 is 5.82 Å². The number of anilines is 2. The van der Waals surface area contributed by atoms with Gasteiger partial charge in [0.15, 0.2) is 0 Å². The molecule has 0 saturated carbocycles. The average Bonchev–Trinajstić information content (AvgIpc) is 2.65. The number of piperazine rings is 1. The Labute approximate surface area is 157 Å². The lowest BCUT2D eigenvalue weighted by Crippen LogP contribution is -2.52. The highest BCUT2D eigenvalue weighted by Crippen LogP contribution is 2.27. The summed E-state index contributed by atoms with van der Waals surface area (Å²) < 4.78 is 13.2. The summed E-state index contributed by atoms with van der Waals surface area (Å²) >= 11 is 5.75. The summed E-state index contributed by atoms with van der Waals surface area (Å²) in [6.45, 7) is 4.69. The van der Waals surface area contributed by atoms with Crippen LogP contribution in [0.5, 0.6) is 5.75 Å². The van der Waals surface area contributed by atoms with Crippen molar-refractivity contribution in [3.05, 3.63) is 53.3 Å². The third kappa shape index (κ3) is 4.08. The number of phenols is 1. The summed E-state index contributed by atoms with van der Waals surface area (Å²) in [5, 5.41) is 12.7. The highest BCUT2D eigenvalue weighted by Gasteiger charge is 2.26. The number of hydrogen-bond donors (Lipinski definition) is 2. The Morgan fingerprint density at radius 2 is 1.88 bits per heavy atom. The molecule has 3 rings (SSSR count). The maximum absolute atomic E-state index is 13.2. The number of halogens is 2. The molecule has 1 amide bonds. The fraction of sp³-hybridized carbons (Fsp3) is 0.316. The van der Waals surface area contributed by atoms with Gasteiger partial charge in [0, 0.05) is 31.9 Å². The molecular formula is C19H21ClFN3O2. The topological polar surface area (TPSA) is 55.8 Å². The number of rotatable bonds is 4. The molecule has 26 heavy (non-hydrogen) atoms. The summed E-state index contributed by atoms with van der Waals surface area (Å²) in [6, 6.07) is 11.0. The summed E-state index contributed by atoms with van der Waals surface area (Å²) in [7, 11) is 0. The third-order valence-electron chi connectivity index (χ3n) is 4.65. The van der Waals surface area contributed by atoms with Crippen LogP contribution < -0.4 is 10.2 Å². The van der Waals surface area contributed by atoms with E-state index in [1.807, 2.05) is 19.1 Å². The van der Waals surface area contributed by atoms with Gasteiger partial charge in [-0.2, -0.15) is 0 Å². The van der Waals surface area contributed by atoms with Gasteiger partial charge in [0.05, 0.1) is 16.8 Å². The van der Waals surface area contributed by atoms with E-state index >= 15 is 0 Å². The Morgan fingerprint density at radius 3 is 2.54 bits per heavy atom. The van der Waals surface area contributed by atoms with Gasteiger partial charge in [-0.05, 0) is 37.3 Å². The van der Waals surface area contributed by atoms with Crippen LogP contribution in [0.3, 0.4) is 0 Å². The van der Waals surface area contributed by atoms with Crippen molar-refractivity contribution in [2.45, 2.75) is 13.0 Å². The number of nitrogens with zero attached hydrogens (tertiary/aromatic N) is 2. The fourth-order valence-corrected chi connectivity index (χ4v) is 3.25. The number of carbonyl (C=O) groups is 1. The molecule has 7 heteroatoms. The van der Waals surface area contributed by atoms with Crippen molar-refractivity contribution in [1.29, 1.82) is 0 Å². The average molecular weight is 378 g/mol. The van der Waals surface area contributed by atoms with Crippen LogP contribution in [0, 0.1) is 5.82 Å². The number of carbonyl (C=O) groups excluding carboxylic acids is 1. The molecule has 5 nitrogen and oxygen atoms in total. The highest BCUT2D eigenvalue weighted by molar-refractivity contribution is 6.31. The first-order chi connectivity index (χ1) is 12.5. The van der Waals surface area contributed by atoms with E-state index in [1.165, 1.54) is 18.2 Å². The summed E-state index contributed by atoms with van der Waals surface area (Å²) in [5.74, 6) is -0.415. The Bertz CT molecular complexity index is 794. The zero-order chi connectivity index (χ0) is 18.7. The molecule has 0 spiro atoms.